The summed E-state index contributed by atoms with van der Waals surface area (Å²) in [5.74, 6) is -0.140. The molecule has 0 bridgehead atoms. The quantitative estimate of drug-likeness (QED) is 0.427. The second-order valence-electron chi connectivity index (χ2n) is 11.3. The Labute approximate surface area is 229 Å². The van der Waals surface area contributed by atoms with Crippen LogP contribution in [0.1, 0.15) is 70.6 Å². The zero-order valence-electron chi connectivity index (χ0n) is 23.4. The van der Waals surface area contributed by atoms with Gasteiger partial charge in [0.1, 0.15) is 13.2 Å². The molecule has 0 saturated heterocycles. The number of ether oxygens (including phenoxy) is 3. The van der Waals surface area contributed by atoms with Crippen molar-refractivity contribution in [1.29, 1.82) is 0 Å². The number of carboxylic acid groups (broad SMARTS) is 1. The number of hydrogen-bond donors (Lipinski definition) is 1. The molecule has 0 radical (unpaired) electrons. The van der Waals surface area contributed by atoms with E-state index in [0.29, 0.717) is 48.9 Å². The molecule has 3 aromatic carbocycles. The van der Waals surface area contributed by atoms with Crippen LogP contribution in [-0.2, 0) is 22.6 Å². The number of hydrogen-bond acceptors (Lipinski definition) is 5. The van der Waals surface area contributed by atoms with Gasteiger partial charge in [-0.3, -0.25) is 4.79 Å². The fraction of sp³-hybridized carbons (Fsp3) is 0.375. The molecular formula is C32H35NO6. The molecule has 3 aromatic rings. The molecule has 0 spiro atoms. The van der Waals surface area contributed by atoms with Gasteiger partial charge in [0.15, 0.2) is 17.6 Å². The van der Waals surface area contributed by atoms with E-state index in [4.69, 9.17) is 14.2 Å². The summed E-state index contributed by atoms with van der Waals surface area (Å²) in [4.78, 5) is 28.2. The molecule has 0 aliphatic carbocycles. The molecule has 204 valence electrons. The van der Waals surface area contributed by atoms with Crippen molar-refractivity contribution < 1.29 is 28.9 Å². The third-order valence-electron chi connectivity index (χ3n) is 7.40. The number of carbonyl (C=O) groups is 2. The Balaban J connectivity index is 1.64. The van der Waals surface area contributed by atoms with Crippen LogP contribution in [0.3, 0.4) is 0 Å². The number of carboxylic acids is 1. The van der Waals surface area contributed by atoms with Crippen molar-refractivity contribution in [3.8, 4) is 22.6 Å². The van der Waals surface area contributed by atoms with Crippen LogP contribution in [0.25, 0.3) is 11.1 Å². The van der Waals surface area contributed by atoms with Crippen molar-refractivity contribution in [3.63, 3.8) is 0 Å². The summed E-state index contributed by atoms with van der Waals surface area (Å²) in [6.45, 7) is 13.2. The largest absolute Gasteiger partial charge is 0.486 e. The number of rotatable bonds is 5. The average Bonchev–Trinajstić information content (AvgIpc) is 3.35. The van der Waals surface area contributed by atoms with Crippen LogP contribution in [0, 0.1) is 20.8 Å². The number of amides is 1. The van der Waals surface area contributed by atoms with E-state index >= 15 is 0 Å². The van der Waals surface area contributed by atoms with Gasteiger partial charge in [0.2, 0.25) is 0 Å². The van der Waals surface area contributed by atoms with Crippen molar-refractivity contribution in [2.45, 2.75) is 66.3 Å². The number of benzene rings is 3. The lowest BCUT2D eigenvalue weighted by atomic mass is 9.83. The number of para-hydroxylation sites is 1. The van der Waals surface area contributed by atoms with Crippen molar-refractivity contribution >= 4 is 11.9 Å². The predicted octanol–water partition coefficient (Wildman–Crippen LogP) is 6.15. The average molecular weight is 530 g/mol. The van der Waals surface area contributed by atoms with Crippen LogP contribution >= 0.6 is 0 Å². The van der Waals surface area contributed by atoms with Crippen molar-refractivity contribution in [2.24, 2.45) is 0 Å². The Hall–Kier alpha value is -3.84. The van der Waals surface area contributed by atoms with Crippen molar-refractivity contribution in [2.75, 3.05) is 13.2 Å². The Morgan fingerprint density at radius 1 is 0.923 bits per heavy atom. The molecule has 1 amide bonds. The van der Waals surface area contributed by atoms with E-state index in [1.807, 2.05) is 65.8 Å². The van der Waals surface area contributed by atoms with Gasteiger partial charge < -0.3 is 24.2 Å². The van der Waals surface area contributed by atoms with Crippen LogP contribution in [0.15, 0.2) is 42.5 Å². The summed E-state index contributed by atoms with van der Waals surface area (Å²) >= 11 is 0. The first-order chi connectivity index (χ1) is 18.5. The third kappa shape index (κ3) is 4.99. The smallest absolute Gasteiger partial charge is 0.337 e. The number of fused-ring (bicyclic) bond motifs is 2. The van der Waals surface area contributed by atoms with Crippen molar-refractivity contribution in [1.82, 2.24) is 4.90 Å². The van der Waals surface area contributed by atoms with Gasteiger partial charge in [-0.25, -0.2) is 4.79 Å². The fourth-order valence-electron chi connectivity index (χ4n) is 5.58. The van der Waals surface area contributed by atoms with Crippen LogP contribution in [0.5, 0.6) is 11.5 Å². The van der Waals surface area contributed by atoms with Gasteiger partial charge in [-0.05, 0) is 87.1 Å². The third-order valence-corrected chi connectivity index (χ3v) is 7.40. The monoisotopic (exact) mass is 529 g/mol. The maximum absolute atomic E-state index is 13.8. The summed E-state index contributed by atoms with van der Waals surface area (Å²) < 4.78 is 17.7. The van der Waals surface area contributed by atoms with E-state index in [9.17, 15) is 14.7 Å². The summed E-state index contributed by atoms with van der Waals surface area (Å²) in [5, 5.41) is 10.4. The summed E-state index contributed by atoms with van der Waals surface area (Å²) in [7, 11) is 0. The van der Waals surface area contributed by atoms with Gasteiger partial charge in [0.25, 0.3) is 5.91 Å². The first-order valence-electron chi connectivity index (χ1n) is 13.3. The summed E-state index contributed by atoms with van der Waals surface area (Å²) in [6, 6.07) is 13.5. The second-order valence-corrected chi connectivity index (χ2v) is 11.3. The molecule has 5 rings (SSSR count). The number of aryl methyl sites for hydroxylation is 1. The highest BCUT2D eigenvalue weighted by atomic mass is 16.6. The standard InChI is InChI=1S/C32H35NO6/c1-18-10-12-21(13-11-18)26-19(2)23-16-33(30(34)22-8-7-9-25-28(22)38-15-14-37-25)17-24(23)20(3)27(26)29(31(35)36)39-32(4,5)6/h7-13,29H,14-17H2,1-6H3,(H,35,36). The molecule has 1 N–H and O–H groups in total. The van der Waals surface area contributed by atoms with E-state index in [2.05, 4.69) is 0 Å². The Kier molecular flexibility index (Phi) is 6.89. The zero-order valence-corrected chi connectivity index (χ0v) is 23.4. The lowest BCUT2D eigenvalue weighted by molar-refractivity contribution is -0.160. The minimum atomic E-state index is -1.17. The predicted molar refractivity (Wildman–Crippen MR) is 148 cm³/mol. The Morgan fingerprint density at radius 2 is 1.56 bits per heavy atom. The van der Waals surface area contributed by atoms with Crippen LogP contribution in [0.4, 0.5) is 0 Å². The maximum Gasteiger partial charge on any atom is 0.337 e. The maximum atomic E-state index is 13.8. The highest BCUT2D eigenvalue weighted by Gasteiger charge is 2.37. The van der Waals surface area contributed by atoms with Gasteiger partial charge >= 0.3 is 5.97 Å². The van der Waals surface area contributed by atoms with Crippen LogP contribution in [0.2, 0.25) is 0 Å². The molecule has 0 fully saturated rings. The second kappa shape index (κ2) is 10.0. The number of nitrogens with zero attached hydrogens (tertiary/aromatic N) is 1. The van der Waals surface area contributed by atoms with Crippen molar-refractivity contribution in [3.05, 3.63) is 81.4 Å². The molecule has 1 atom stereocenters. The van der Waals surface area contributed by atoms with Gasteiger partial charge in [-0.2, -0.15) is 0 Å². The Morgan fingerprint density at radius 3 is 2.21 bits per heavy atom. The van der Waals surface area contributed by atoms with E-state index in [-0.39, 0.29) is 5.91 Å². The molecule has 2 heterocycles. The van der Waals surface area contributed by atoms with Crippen LogP contribution in [-0.4, -0.2) is 40.7 Å². The van der Waals surface area contributed by atoms with Gasteiger partial charge in [-0.1, -0.05) is 35.9 Å². The lowest BCUT2D eigenvalue weighted by Crippen LogP contribution is -2.29. The molecule has 2 aliphatic heterocycles. The molecule has 7 nitrogen and oxygen atoms in total. The van der Waals surface area contributed by atoms with E-state index in [1.165, 1.54) is 0 Å². The molecule has 0 aromatic heterocycles. The number of aliphatic carboxylic acids is 1. The van der Waals surface area contributed by atoms with Gasteiger partial charge in [0, 0.05) is 18.7 Å². The van der Waals surface area contributed by atoms with Crippen LogP contribution < -0.4 is 9.47 Å². The lowest BCUT2D eigenvalue weighted by Gasteiger charge is -2.29. The first-order valence-corrected chi connectivity index (χ1v) is 13.3. The minimum Gasteiger partial charge on any atom is -0.486 e. The SMILES string of the molecule is Cc1ccc(-c2c(C)c3c(c(C)c2C(OC(C)(C)C)C(=O)O)CN(C(=O)c2cccc4c2OCCO4)C3)cc1. The molecule has 7 heteroatoms. The molecule has 39 heavy (non-hydrogen) atoms. The van der Waals surface area contributed by atoms with Gasteiger partial charge in [0.05, 0.1) is 11.2 Å². The van der Waals surface area contributed by atoms with E-state index < -0.39 is 17.7 Å². The minimum absolute atomic E-state index is 0.147. The summed E-state index contributed by atoms with van der Waals surface area (Å²) in [6.07, 6.45) is -1.17. The fourth-order valence-corrected chi connectivity index (χ4v) is 5.58. The molecule has 2 aliphatic rings. The highest BCUT2D eigenvalue weighted by Crippen LogP contribution is 2.44. The molecule has 0 saturated carbocycles. The Bertz CT molecular complexity index is 1450. The highest BCUT2D eigenvalue weighted by molar-refractivity contribution is 5.98. The topological polar surface area (TPSA) is 85.3 Å². The van der Waals surface area contributed by atoms with E-state index in [0.717, 1.165) is 38.9 Å². The normalized spacial score (nSPS) is 15.2. The molecular weight excluding hydrogens is 494 g/mol. The molecule has 1 unspecified atom stereocenters. The zero-order chi connectivity index (χ0) is 28.1. The first kappa shape index (κ1) is 26.8. The number of carbonyl (C=O) groups excluding carboxylic acids is 1. The van der Waals surface area contributed by atoms with Gasteiger partial charge in [-0.15, -0.1) is 0 Å². The summed E-state index contributed by atoms with van der Waals surface area (Å²) in [5.41, 5.74) is 7.14. The van der Waals surface area contributed by atoms with E-state index in [1.54, 1.807) is 23.1 Å².